The predicted molar refractivity (Wildman–Crippen MR) is 91.5 cm³/mol. The first kappa shape index (κ1) is 13.8. The fourth-order valence-electron chi connectivity index (χ4n) is 3.26. The highest BCUT2D eigenvalue weighted by atomic mass is 16.1. The van der Waals surface area contributed by atoms with Crippen LogP contribution >= 0.6 is 0 Å². The summed E-state index contributed by atoms with van der Waals surface area (Å²) >= 11 is 0. The van der Waals surface area contributed by atoms with Crippen LogP contribution in [0.5, 0.6) is 0 Å². The minimum atomic E-state index is -0.404. The van der Waals surface area contributed by atoms with E-state index >= 15 is 0 Å². The van der Waals surface area contributed by atoms with Crippen LogP contribution < -0.4 is 10.6 Å². The Kier molecular flexibility index (Phi) is 3.23. The van der Waals surface area contributed by atoms with Crippen LogP contribution in [0.25, 0.3) is 10.8 Å². The first-order chi connectivity index (χ1) is 11.2. The lowest BCUT2D eigenvalue weighted by molar-refractivity contribution is 0.100. The van der Waals surface area contributed by atoms with E-state index in [0.717, 1.165) is 36.0 Å². The van der Waals surface area contributed by atoms with Crippen LogP contribution in [0.15, 0.2) is 54.9 Å². The molecule has 4 rings (SSSR count). The van der Waals surface area contributed by atoms with Crippen molar-refractivity contribution in [2.45, 2.75) is 13.0 Å². The molecule has 114 valence electrons. The van der Waals surface area contributed by atoms with Gasteiger partial charge in [-0.1, -0.05) is 30.3 Å². The Morgan fingerprint density at radius 3 is 2.74 bits per heavy atom. The van der Waals surface area contributed by atoms with Crippen molar-refractivity contribution in [3.8, 4) is 0 Å². The zero-order valence-corrected chi connectivity index (χ0v) is 12.7. The van der Waals surface area contributed by atoms with E-state index in [2.05, 4.69) is 34.1 Å². The third-order valence-corrected chi connectivity index (χ3v) is 4.50. The van der Waals surface area contributed by atoms with E-state index in [4.69, 9.17) is 5.73 Å². The Bertz CT molecular complexity index is 904. The van der Waals surface area contributed by atoms with Crippen molar-refractivity contribution in [2.24, 2.45) is 5.73 Å². The number of primary amides is 1. The zero-order chi connectivity index (χ0) is 15.8. The number of aromatic nitrogens is 1. The molecule has 2 heterocycles. The van der Waals surface area contributed by atoms with Crippen molar-refractivity contribution in [1.82, 2.24) is 4.98 Å². The SMILES string of the molecule is NC(=O)c1ccc2cncc(N3CCc4ccccc4C3)c2c1. The number of nitrogens with zero attached hydrogens (tertiary/aromatic N) is 2. The molecule has 0 bridgehead atoms. The Labute approximate surface area is 134 Å². The lowest BCUT2D eigenvalue weighted by atomic mass is 9.98. The van der Waals surface area contributed by atoms with E-state index in [1.807, 2.05) is 24.5 Å². The van der Waals surface area contributed by atoms with E-state index in [0.29, 0.717) is 5.56 Å². The highest BCUT2D eigenvalue weighted by Gasteiger charge is 2.18. The fourth-order valence-corrected chi connectivity index (χ4v) is 3.26. The third kappa shape index (κ3) is 2.42. The Balaban J connectivity index is 1.80. The van der Waals surface area contributed by atoms with Gasteiger partial charge >= 0.3 is 0 Å². The number of benzene rings is 2. The molecule has 0 aliphatic carbocycles. The van der Waals surface area contributed by atoms with Crippen LogP contribution in [0.1, 0.15) is 21.5 Å². The molecule has 1 amide bonds. The standard InChI is InChI=1S/C19H17N3O/c20-19(23)14-5-6-15-10-21-11-18(17(15)9-14)22-8-7-13-3-1-2-4-16(13)12-22/h1-6,9-11H,7-8,12H2,(H2,20,23). The van der Waals surface area contributed by atoms with E-state index in [1.54, 1.807) is 6.07 Å². The maximum Gasteiger partial charge on any atom is 0.248 e. The molecule has 1 aromatic heterocycles. The van der Waals surface area contributed by atoms with E-state index in [1.165, 1.54) is 11.1 Å². The summed E-state index contributed by atoms with van der Waals surface area (Å²) in [7, 11) is 0. The molecular formula is C19H17N3O. The van der Waals surface area contributed by atoms with Crippen molar-refractivity contribution in [3.05, 3.63) is 71.5 Å². The largest absolute Gasteiger partial charge is 0.366 e. The number of hydrogen-bond acceptors (Lipinski definition) is 3. The second-order valence-corrected chi connectivity index (χ2v) is 5.90. The summed E-state index contributed by atoms with van der Waals surface area (Å²) < 4.78 is 0. The molecule has 0 spiro atoms. The maximum atomic E-state index is 11.5. The van der Waals surface area contributed by atoms with Gasteiger partial charge in [-0.15, -0.1) is 0 Å². The summed E-state index contributed by atoms with van der Waals surface area (Å²) in [4.78, 5) is 18.2. The van der Waals surface area contributed by atoms with Gasteiger partial charge in [-0.3, -0.25) is 9.78 Å². The third-order valence-electron chi connectivity index (χ3n) is 4.50. The van der Waals surface area contributed by atoms with Gasteiger partial charge in [-0.2, -0.15) is 0 Å². The molecule has 0 fully saturated rings. The number of amides is 1. The van der Waals surface area contributed by atoms with Gasteiger partial charge < -0.3 is 10.6 Å². The van der Waals surface area contributed by atoms with Gasteiger partial charge in [0.1, 0.15) is 0 Å². The number of anilines is 1. The van der Waals surface area contributed by atoms with Crippen LogP contribution in [0.4, 0.5) is 5.69 Å². The average Bonchev–Trinajstić information content (AvgIpc) is 2.60. The van der Waals surface area contributed by atoms with Crippen molar-refractivity contribution in [2.75, 3.05) is 11.4 Å². The molecule has 2 N–H and O–H groups in total. The Morgan fingerprint density at radius 2 is 1.91 bits per heavy atom. The summed E-state index contributed by atoms with van der Waals surface area (Å²) in [5, 5.41) is 2.04. The summed E-state index contributed by atoms with van der Waals surface area (Å²) in [5.74, 6) is -0.404. The second-order valence-electron chi connectivity index (χ2n) is 5.90. The number of rotatable bonds is 2. The highest BCUT2D eigenvalue weighted by Crippen LogP contribution is 2.30. The average molecular weight is 303 g/mol. The molecule has 2 aromatic carbocycles. The van der Waals surface area contributed by atoms with Crippen molar-refractivity contribution in [1.29, 1.82) is 0 Å². The predicted octanol–water partition coefficient (Wildman–Crippen LogP) is 2.90. The Morgan fingerprint density at radius 1 is 1.09 bits per heavy atom. The molecule has 4 heteroatoms. The van der Waals surface area contributed by atoms with Gasteiger partial charge in [-0.25, -0.2) is 0 Å². The van der Waals surface area contributed by atoms with Crippen LogP contribution in [0.3, 0.4) is 0 Å². The molecule has 0 unspecified atom stereocenters. The van der Waals surface area contributed by atoms with Crippen molar-refractivity contribution >= 4 is 22.4 Å². The summed E-state index contributed by atoms with van der Waals surface area (Å²) in [6, 6.07) is 14.1. The maximum absolute atomic E-state index is 11.5. The van der Waals surface area contributed by atoms with Gasteiger partial charge in [0.05, 0.1) is 11.9 Å². The first-order valence-corrected chi connectivity index (χ1v) is 7.72. The summed E-state index contributed by atoms with van der Waals surface area (Å²) in [5.41, 5.74) is 9.77. The molecule has 4 nitrogen and oxygen atoms in total. The normalized spacial score (nSPS) is 13.8. The number of pyridine rings is 1. The van der Waals surface area contributed by atoms with Crippen molar-refractivity contribution in [3.63, 3.8) is 0 Å². The van der Waals surface area contributed by atoms with Crippen LogP contribution in [0.2, 0.25) is 0 Å². The number of nitrogens with two attached hydrogens (primary N) is 1. The minimum Gasteiger partial charge on any atom is -0.366 e. The molecular weight excluding hydrogens is 286 g/mol. The van der Waals surface area contributed by atoms with Gasteiger partial charge in [0.15, 0.2) is 0 Å². The van der Waals surface area contributed by atoms with Gasteiger partial charge in [-0.05, 0) is 29.7 Å². The van der Waals surface area contributed by atoms with E-state index in [9.17, 15) is 4.79 Å². The monoisotopic (exact) mass is 303 g/mol. The minimum absolute atomic E-state index is 0.404. The van der Waals surface area contributed by atoms with Gasteiger partial charge in [0.25, 0.3) is 0 Å². The van der Waals surface area contributed by atoms with E-state index in [-0.39, 0.29) is 0 Å². The summed E-state index contributed by atoms with van der Waals surface area (Å²) in [6.45, 7) is 1.80. The molecule has 0 saturated carbocycles. The lowest BCUT2D eigenvalue weighted by Gasteiger charge is -2.31. The number of carbonyl (C=O) groups excluding carboxylic acids is 1. The molecule has 1 aliphatic heterocycles. The summed E-state index contributed by atoms with van der Waals surface area (Å²) in [6.07, 6.45) is 4.71. The fraction of sp³-hybridized carbons (Fsp3) is 0.158. The van der Waals surface area contributed by atoms with Crippen LogP contribution in [0, 0.1) is 0 Å². The lowest BCUT2D eigenvalue weighted by Crippen LogP contribution is -2.30. The quantitative estimate of drug-likeness (QED) is 0.792. The molecule has 3 aromatic rings. The smallest absolute Gasteiger partial charge is 0.248 e. The number of hydrogen-bond donors (Lipinski definition) is 1. The van der Waals surface area contributed by atoms with Crippen LogP contribution in [-0.2, 0) is 13.0 Å². The van der Waals surface area contributed by atoms with Gasteiger partial charge in [0.2, 0.25) is 5.91 Å². The molecule has 0 atom stereocenters. The highest BCUT2D eigenvalue weighted by molar-refractivity contribution is 6.01. The van der Waals surface area contributed by atoms with Crippen molar-refractivity contribution < 1.29 is 4.79 Å². The first-order valence-electron chi connectivity index (χ1n) is 7.72. The Hall–Kier alpha value is -2.88. The van der Waals surface area contributed by atoms with E-state index < -0.39 is 5.91 Å². The molecule has 1 aliphatic rings. The number of fused-ring (bicyclic) bond motifs is 2. The second kappa shape index (κ2) is 5.39. The molecule has 23 heavy (non-hydrogen) atoms. The van der Waals surface area contributed by atoms with Gasteiger partial charge in [0, 0.05) is 35.6 Å². The van der Waals surface area contributed by atoms with Crippen LogP contribution in [-0.4, -0.2) is 17.4 Å². The molecule has 0 saturated heterocycles. The molecule has 0 radical (unpaired) electrons. The zero-order valence-electron chi connectivity index (χ0n) is 12.7. The number of carbonyl (C=O) groups is 1. The topological polar surface area (TPSA) is 59.2 Å².